The number of benzene rings is 2. The van der Waals surface area contributed by atoms with Crippen LogP contribution in [0.25, 0.3) is 0 Å². The van der Waals surface area contributed by atoms with E-state index < -0.39 is 11.6 Å². The second kappa shape index (κ2) is 6.71. The maximum atomic E-state index is 13.8. The van der Waals surface area contributed by atoms with E-state index >= 15 is 0 Å². The van der Waals surface area contributed by atoms with E-state index in [2.05, 4.69) is 18.2 Å². The minimum absolute atomic E-state index is 0.0210. The monoisotopic (exact) mass is 329 g/mol. The maximum absolute atomic E-state index is 13.8. The molecule has 1 aliphatic heterocycles. The molecule has 1 amide bonds. The van der Waals surface area contributed by atoms with Gasteiger partial charge >= 0.3 is 0 Å². The van der Waals surface area contributed by atoms with Gasteiger partial charge in [0.05, 0.1) is 12.5 Å². The smallest absolute Gasteiger partial charge is 0.227 e. The van der Waals surface area contributed by atoms with Crippen molar-refractivity contribution in [1.82, 2.24) is 4.90 Å². The first-order valence-corrected chi connectivity index (χ1v) is 8.26. The zero-order chi connectivity index (χ0) is 17.3. The molecule has 0 spiro atoms. The predicted octanol–water partition coefficient (Wildman–Crippen LogP) is 4.49. The Balaban J connectivity index is 1.82. The van der Waals surface area contributed by atoms with Crippen LogP contribution < -0.4 is 0 Å². The number of rotatable bonds is 3. The van der Waals surface area contributed by atoms with Gasteiger partial charge in [-0.3, -0.25) is 4.79 Å². The van der Waals surface area contributed by atoms with Gasteiger partial charge in [-0.05, 0) is 38.3 Å². The number of hydrogen-bond donors (Lipinski definition) is 0. The normalized spacial score (nSPS) is 17.3. The van der Waals surface area contributed by atoms with Crippen molar-refractivity contribution in [1.29, 1.82) is 0 Å². The molecule has 0 saturated carbocycles. The van der Waals surface area contributed by atoms with Crippen molar-refractivity contribution in [3.8, 4) is 0 Å². The Kier molecular flexibility index (Phi) is 4.65. The molecule has 2 aromatic carbocycles. The Labute approximate surface area is 141 Å². The minimum atomic E-state index is -0.923. The van der Waals surface area contributed by atoms with Crippen molar-refractivity contribution >= 4 is 5.91 Å². The van der Waals surface area contributed by atoms with Crippen LogP contribution in [0.2, 0.25) is 0 Å². The number of carbonyl (C=O) groups excluding carboxylic acids is 1. The summed E-state index contributed by atoms with van der Waals surface area (Å²) in [6.07, 6.45) is 1.72. The van der Waals surface area contributed by atoms with E-state index in [0.717, 1.165) is 24.5 Å². The van der Waals surface area contributed by atoms with Crippen molar-refractivity contribution in [2.45, 2.75) is 39.2 Å². The molecular weight excluding hydrogens is 308 g/mol. The number of carbonyl (C=O) groups is 1. The van der Waals surface area contributed by atoms with Gasteiger partial charge in [0.2, 0.25) is 5.91 Å². The zero-order valence-corrected chi connectivity index (χ0v) is 14.0. The van der Waals surface area contributed by atoms with Gasteiger partial charge in [-0.15, -0.1) is 0 Å². The van der Waals surface area contributed by atoms with Gasteiger partial charge in [0.15, 0.2) is 11.6 Å². The third-order valence-corrected chi connectivity index (χ3v) is 4.58. The van der Waals surface area contributed by atoms with Crippen LogP contribution in [0.5, 0.6) is 0 Å². The summed E-state index contributed by atoms with van der Waals surface area (Å²) in [6.45, 7) is 4.74. The van der Waals surface area contributed by atoms with Crippen molar-refractivity contribution in [2.75, 3.05) is 6.54 Å². The summed E-state index contributed by atoms with van der Waals surface area (Å²) in [7, 11) is 0. The maximum Gasteiger partial charge on any atom is 0.227 e. The number of amides is 1. The van der Waals surface area contributed by atoms with Crippen LogP contribution >= 0.6 is 0 Å². The number of hydrogen-bond acceptors (Lipinski definition) is 1. The SMILES string of the molecule is Cc1cc(C)cc(C2CCCN2C(=O)Cc2cccc(F)c2F)c1. The fourth-order valence-corrected chi connectivity index (χ4v) is 3.56. The summed E-state index contributed by atoms with van der Waals surface area (Å²) >= 11 is 0. The Morgan fingerprint density at radius 2 is 1.88 bits per heavy atom. The van der Waals surface area contributed by atoms with Crippen LogP contribution in [-0.2, 0) is 11.2 Å². The zero-order valence-electron chi connectivity index (χ0n) is 14.0. The van der Waals surface area contributed by atoms with Crippen LogP contribution in [0.1, 0.15) is 41.1 Å². The third-order valence-electron chi connectivity index (χ3n) is 4.58. The van der Waals surface area contributed by atoms with Crippen LogP contribution in [0.3, 0.4) is 0 Å². The lowest BCUT2D eigenvalue weighted by Crippen LogP contribution is -2.32. The van der Waals surface area contributed by atoms with Gasteiger partial charge in [-0.2, -0.15) is 0 Å². The van der Waals surface area contributed by atoms with E-state index in [1.54, 1.807) is 4.90 Å². The highest BCUT2D eigenvalue weighted by atomic mass is 19.2. The molecule has 1 aliphatic rings. The second-order valence-corrected chi connectivity index (χ2v) is 6.56. The molecule has 4 heteroatoms. The minimum Gasteiger partial charge on any atom is -0.335 e. The summed E-state index contributed by atoms with van der Waals surface area (Å²) in [5.41, 5.74) is 3.57. The number of aryl methyl sites for hydroxylation is 2. The van der Waals surface area contributed by atoms with Crippen LogP contribution in [-0.4, -0.2) is 17.4 Å². The largest absolute Gasteiger partial charge is 0.335 e. The lowest BCUT2D eigenvalue weighted by Gasteiger charge is -2.26. The van der Waals surface area contributed by atoms with Gasteiger partial charge in [0.25, 0.3) is 0 Å². The van der Waals surface area contributed by atoms with E-state index in [9.17, 15) is 13.6 Å². The Morgan fingerprint density at radius 1 is 1.17 bits per heavy atom. The van der Waals surface area contributed by atoms with Gasteiger partial charge in [-0.25, -0.2) is 8.78 Å². The standard InChI is InChI=1S/C20H21F2NO/c1-13-9-14(2)11-16(10-13)18-7-4-8-23(18)19(24)12-15-5-3-6-17(21)20(15)22/h3,5-6,9-11,18H,4,7-8,12H2,1-2H3. The van der Waals surface area contributed by atoms with Crippen molar-refractivity contribution in [3.05, 3.63) is 70.3 Å². The average molecular weight is 329 g/mol. The van der Waals surface area contributed by atoms with E-state index in [-0.39, 0.29) is 23.9 Å². The molecule has 1 unspecified atom stereocenters. The molecule has 126 valence electrons. The van der Waals surface area contributed by atoms with Crippen LogP contribution in [0.15, 0.2) is 36.4 Å². The molecule has 1 heterocycles. The molecule has 2 aromatic rings. The predicted molar refractivity (Wildman–Crippen MR) is 89.7 cm³/mol. The van der Waals surface area contributed by atoms with E-state index in [0.29, 0.717) is 6.54 Å². The van der Waals surface area contributed by atoms with E-state index in [4.69, 9.17) is 0 Å². The molecule has 24 heavy (non-hydrogen) atoms. The van der Waals surface area contributed by atoms with Crippen LogP contribution in [0, 0.1) is 25.5 Å². The quantitative estimate of drug-likeness (QED) is 0.812. The molecule has 0 aromatic heterocycles. The molecule has 0 aliphatic carbocycles. The number of nitrogens with zero attached hydrogens (tertiary/aromatic N) is 1. The van der Waals surface area contributed by atoms with Crippen molar-refractivity contribution in [2.24, 2.45) is 0 Å². The lowest BCUT2D eigenvalue weighted by molar-refractivity contribution is -0.131. The van der Waals surface area contributed by atoms with Crippen molar-refractivity contribution < 1.29 is 13.6 Å². The molecule has 1 fully saturated rings. The fourth-order valence-electron chi connectivity index (χ4n) is 3.56. The molecular formula is C20H21F2NO. The summed E-state index contributed by atoms with van der Waals surface area (Å²) in [5, 5.41) is 0. The third kappa shape index (κ3) is 3.32. The molecule has 1 saturated heterocycles. The average Bonchev–Trinajstić information content (AvgIpc) is 3.00. The first-order valence-electron chi connectivity index (χ1n) is 8.26. The summed E-state index contributed by atoms with van der Waals surface area (Å²) in [5.74, 6) is -1.98. The summed E-state index contributed by atoms with van der Waals surface area (Å²) < 4.78 is 27.2. The van der Waals surface area contributed by atoms with Crippen molar-refractivity contribution in [3.63, 3.8) is 0 Å². The molecule has 0 N–H and O–H groups in total. The highest BCUT2D eigenvalue weighted by Gasteiger charge is 2.30. The molecule has 0 radical (unpaired) electrons. The van der Waals surface area contributed by atoms with Gasteiger partial charge in [0, 0.05) is 12.1 Å². The topological polar surface area (TPSA) is 20.3 Å². The number of likely N-dealkylation sites (tertiary alicyclic amines) is 1. The molecule has 2 nitrogen and oxygen atoms in total. The molecule has 3 rings (SSSR count). The highest BCUT2D eigenvalue weighted by molar-refractivity contribution is 5.79. The fraction of sp³-hybridized carbons (Fsp3) is 0.350. The highest BCUT2D eigenvalue weighted by Crippen LogP contribution is 2.33. The lowest BCUT2D eigenvalue weighted by atomic mass is 9.99. The van der Waals surface area contributed by atoms with E-state index in [1.807, 2.05) is 13.8 Å². The molecule has 0 bridgehead atoms. The number of halogens is 2. The van der Waals surface area contributed by atoms with E-state index in [1.165, 1.54) is 23.3 Å². The molecule has 1 atom stereocenters. The second-order valence-electron chi connectivity index (χ2n) is 6.56. The first-order chi connectivity index (χ1) is 11.5. The summed E-state index contributed by atoms with van der Waals surface area (Å²) in [4.78, 5) is 14.5. The van der Waals surface area contributed by atoms with Gasteiger partial charge in [-0.1, -0.05) is 41.5 Å². The Hall–Kier alpha value is -2.23. The Morgan fingerprint density at radius 3 is 2.58 bits per heavy atom. The Bertz CT molecular complexity index is 752. The van der Waals surface area contributed by atoms with Gasteiger partial charge in [0.1, 0.15) is 0 Å². The van der Waals surface area contributed by atoms with Crippen LogP contribution in [0.4, 0.5) is 8.78 Å². The summed E-state index contributed by atoms with van der Waals surface area (Å²) in [6, 6.07) is 10.3. The van der Waals surface area contributed by atoms with Gasteiger partial charge < -0.3 is 4.90 Å². The first kappa shape index (κ1) is 16.6.